The van der Waals surface area contributed by atoms with Crippen molar-refractivity contribution in [2.24, 2.45) is 5.92 Å². The highest BCUT2D eigenvalue weighted by Crippen LogP contribution is 2.41. The fourth-order valence-electron chi connectivity index (χ4n) is 3.66. The molecule has 2 heterocycles. The predicted octanol–water partition coefficient (Wildman–Crippen LogP) is 4.33. The van der Waals surface area contributed by atoms with Crippen LogP contribution in [0, 0.1) is 5.92 Å². The van der Waals surface area contributed by atoms with Gasteiger partial charge in [-0.2, -0.15) is 0 Å². The van der Waals surface area contributed by atoms with Gasteiger partial charge in [-0.15, -0.1) is 11.3 Å². The van der Waals surface area contributed by atoms with Gasteiger partial charge in [-0.05, 0) is 48.9 Å². The van der Waals surface area contributed by atoms with Crippen LogP contribution < -0.4 is 15.6 Å². The Labute approximate surface area is 170 Å². The Kier molecular flexibility index (Phi) is 4.81. The number of rotatable bonds is 3. The summed E-state index contributed by atoms with van der Waals surface area (Å²) in [6.07, 6.45) is 2.75. The second-order valence-corrected chi connectivity index (χ2v) is 8.57. The molecule has 0 saturated carbocycles. The molecule has 0 spiro atoms. The minimum absolute atomic E-state index is 0.274. The lowest BCUT2D eigenvalue weighted by atomic mass is 9.89. The van der Waals surface area contributed by atoms with E-state index in [-0.39, 0.29) is 11.3 Å². The number of hydrogen-bond donors (Lipinski definition) is 3. The largest absolute Gasteiger partial charge is 0.506 e. The van der Waals surface area contributed by atoms with Crippen molar-refractivity contribution in [3.8, 4) is 11.5 Å². The quantitative estimate of drug-likeness (QED) is 0.590. The lowest BCUT2D eigenvalue weighted by molar-refractivity contribution is 0.102. The normalized spacial score (nSPS) is 16.0. The maximum Gasteiger partial charge on any atom is 0.265 e. The number of methoxy groups -OCH3 is 1. The number of thiophene rings is 1. The molecule has 0 saturated heterocycles. The van der Waals surface area contributed by atoms with Crippen molar-refractivity contribution in [2.45, 2.75) is 26.2 Å². The molecule has 8 heteroatoms. The standard InChI is InChI=1S/C20H19ClN2O4S/c1-9-3-5-11-14(7-9)28-20-15(11)17(24)16(19(26)23-20)18(25)22-12-8-10(21)4-6-13(12)27-2/h4,6,8-9H,3,5,7H2,1-2H3,(H,22,25)(H2,23,24,26)/t9-/m0/s1. The number of aryl methyl sites for hydroxylation is 1. The van der Waals surface area contributed by atoms with E-state index in [9.17, 15) is 14.7 Å². The number of fused-ring (bicyclic) bond motifs is 3. The number of carbonyl (C=O) groups is 1. The van der Waals surface area contributed by atoms with Gasteiger partial charge >= 0.3 is 0 Å². The molecular formula is C20H19ClN2O4S. The first kappa shape index (κ1) is 18.8. The molecule has 146 valence electrons. The molecule has 1 aliphatic rings. The van der Waals surface area contributed by atoms with Gasteiger partial charge in [0.2, 0.25) is 0 Å². The first-order valence-electron chi connectivity index (χ1n) is 8.93. The van der Waals surface area contributed by atoms with Crippen LogP contribution in [0.15, 0.2) is 23.0 Å². The fraction of sp³-hybridized carbons (Fsp3) is 0.300. The fourth-order valence-corrected chi connectivity index (χ4v) is 5.24. The van der Waals surface area contributed by atoms with Gasteiger partial charge in [-0.3, -0.25) is 9.59 Å². The van der Waals surface area contributed by atoms with Crippen LogP contribution in [0.2, 0.25) is 5.02 Å². The van der Waals surface area contributed by atoms with Gasteiger partial charge in [-0.1, -0.05) is 18.5 Å². The molecular weight excluding hydrogens is 400 g/mol. The van der Waals surface area contributed by atoms with Gasteiger partial charge in [0.05, 0.1) is 18.2 Å². The van der Waals surface area contributed by atoms with E-state index in [1.807, 2.05) is 0 Å². The molecule has 0 fully saturated rings. The highest BCUT2D eigenvalue weighted by Gasteiger charge is 2.27. The number of carbonyl (C=O) groups excluding carboxylic acids is 1. The first-order chi connectivity index (χ1) is 13.4. The number of aromatic amines is 1. The number of benzene rings is 1. The van der Waals surface area contributed by atoms with Gasteiger partial charge in [0.25, 0.3) is 11.5 Å². The summed E-state index contributed by atoms with van der Waals surface area (Å²) < 4.78 is 5.22. The highest BCUT2D eigenvalue weighted by molar-refractivity contribution is 7.18. The molecule has 4 rings (SSSR count). The topological polar surface area (TPSA) is 91.4 Å². The molecule has 1 aliphatic carbocycles. The molecule has 2 aromatic heterocycles. The van der Waals surface area contributed by atoms with Gasteiger partial charge in [-0.25, -0.2) is 0 Å². The summed E-state index contributed by atoms with van der Waals surface area (Å²) in [6.45, 7) is 2.19. The Balaban J connectivity index is 1.80. The Morgan fingerprint density at radius 3 is 2.96 bits per heavy atom. The van der Waals surface area contributed by atoms with Gasteiger partial charge in [0.1, 0.15) is 21.9 Å². The summed E-state index contributed by atoms with van der Waals surface area (Å²) in [7, 11) is 1.47. The molecule has 1 aromatic carbocycles. The maximum atomic E-state index is 12.8. The van der Waals surface area contributed by atoms with Crippen LogP contribution in [0.3, 0.4) is 0 Å². The number of hydrogen-bond acceptors (Lipinski definition) is 5. The van der Waals surface area contributed by atoms with E-state index in [2.05, 4.69) is 17.2 Å². The summed E-state index contributed by atoms with van der Waals surface area (Å²) in [5, 5.41) is 14.4. The second-order valence-electron chi connectivity index (χ2n) is 7.03. The molecule has 1 atom stereocenters. The molecule has 0 radical (unpaired) electrons. The average Bonchev–Trinajstić information content (AvgIpc) is 2.99. The van der Waals surface area contributed by atoms with E-state index in [4.69, 9.17) is 16.3 Å². The van der Waals surface area contributed by atoms with E-state index in [0.29, 0.717) is 32.6 Å². The number of aromatic nitrogens is 1. The molecule has 6 nitrogen and oxygen atoms in total. The SMILES string of the molecule is COc1ccc(Cl)cc1NC(=O)c1c(O)c2c3c(sc2[nH]c1=O)C[C@@H](C)CC3. The van der Waals surface area contributed by atoms with E-state index >= 15 is 0 Å². The summed E-state index contributed by atoms with van der Waals surface area (Å²) >= 11 is 7.48. The number of pyridine rings is 1. The average molecular weight is 419 g/mol. The first-order valence-corrected chi connectivity index (χ1v) is 10.1. The number of aromatic hydroxyl groups is 1. The van der Waals surface area contributed by atoms with Crippen molar-refractivity contribution in [1.82, 2.24) is 4.98 Å². The number of anilines is 1. The zero-order valence-corrected chi connectivity index (χ0v) is 17.0. The third kappa shape index (κ3) is 3.14. The van der Waals surface area contributed by atoms with Crippen LogP contribution in [0.4, 0.5) is 5.69 Å². The summed E-state index contributed by atoms with van der Waals surface area (Å²) in [4.78, 5) is 29.9. The van der Waals surface area contributed by atoms with Crippen LogP contribution in [0.1, 0.15) is 34.1 Å². The van der Waals surface area contributed by atoms with Gasteiger partial charge in [0, 0.05) is 9.90 Å². The monoisotopic (exact) mass is 418 g/mol. The van der Waals surface area contributed by atoms with Crippen LogP contribution in [0.5, 0.6) is 11.5 Å². The lowest BCUT2D eigenvalue weighted by Crippen LogP contribution is -2.23. The molecule has 1 amide bonds. The summed E-state index contributed by atoms with van der Waals surface area (Å²) in [5.41, 5.74) is 0.408. The van der Waals surface area contributed by atoms with Crippen LogP contribution >= 0.6 is 22.9 Å². The van der Waals surface area contributed by atoms with E-state index in [1.165, 1.54) is 24.5 Å². The van der Waals surface area contributed by atoms with Crippen molar-refractivity contribution in [3.05, 3.63) is 49.6 Å². The number of H-pyrrole nitrogens is 1. The van der Waals surface area contributed by atoms with E-state index in [1.54, 1.807) is 12.1 Å². The molecule has 0 aliphatic heterocycles. The van der Waals surface area contributed by atoms with Crippen molar-refractivity contribution >= 4 is 44.7 Å². The molecule has 28 heavy (non-hydrogen) atoms. The summed E-state index contributed by atoms with van der Waals surface area (Å²) in [5.74, 6) is -0.0289. The Morgan fingerprint density at radius 2 is 2.21 bits per heavy atom. The Hall–Kier alpha value is -2.51. The van der Waals surface area contributed by atoms with Crippen molar-refractivity contribution in [1.29, 1.82) is 0 Å². The van der Waals surface area contributed by atoms with Crippen molar-refractivity contribution in [3.63, 3.8) is 0 Å². The predicted molar refractivity (Wildman–Crippen MR) is 111 cm³/mol. The Bertz CT molecular complexity index is 1150. The van der Waals surface area contributed by atoms with Crippen LogP contribution in [-0.2, 0) is 12.8 Å². The smallest absolute Gasteiger partial charge is 0.265 e. The zero-order chi connectivity index (χ0) is 20.0. The number of nitrogens with one attached hydrogen (secondary N) is 2. The van der Waals surface area contributed by atoms with Crippen LogP contribution in [-0.4, -0.2) is 23.1 Å². The highest BCUT2D eigenvalue weighted by atomic mass is 35.5. The zero-order valence-electron chi connectivity index (χ0n) is 15.4. The molecule has 0 unspecified atom stereocenters. The third-order valence-electron chi connectivity index (χ3n) is 5.08. The second kappa shape index (κ2) is 7.14. The number of halogens is 1. The number of ether oxygens (including phenoxy) is 1. The summed E-state index contributed by atoms with van der Waals surface area (Å²) in [6, 6.07) is 4.77. The minimum atomic E-state index is -0.717. The maximum absolute atomic E-state index is 12.8. The van der Waals surface area contributed by atoms with Crippen LogP contribution in [0.25, 0.3) is 10.2 Å². The van der Waals surface area contributed by atoms with Crippen molar-refractivity contribution in [2.75, 3.05) is 12.4 Å². The minimum Gasteiger partial charge on any atom is -0.506 e. The van der Waals surface area contributed by atoms with Gasteiger partial charge < -0.3 is 20.1 Å². The molecule has 3 aromatic rings. The third-order valence-corrected chi connectivity index (χ3v) is 6.48. The number of amides is 1. The molecule has 3 N–H and O–H groups in total. The van der Waals surface area contributed by atoms with Gasteiger partial charge in [0.15, 0.2) is 0 Å². The van der Waals surface area contributed by atoms with E-state index < -0.39 is 11.5 Å². The Morgan fingerprint density at radius 1 is 1.43 bits per heavy atom. The molecule has 0 bridgehead atoms. The lowest BCUT2D eigenvalue weighted by Gasteiger charge is -2.18. The van der Waals surface area contributed by atoms with Crippen molar-refractivity contribution < 1.29 is 14.6 Å². The van der Waals surface area contributed by atoms with E-state index in [0.717, 1.165) is 29.7 Å².